The Morgan fingerprint density at radius 2 is 2.37 bits per heavy atom. The summed E-state index contributed by atoms with van der Waals surface area (Å²) in [6, 6.07) is 4.72. The molecule has 2 saturated heterocycles. The third-order valence-corrected chi connectivity index (χ3v) is 5.17. The standard InChI is InChI=1S/C15H19FO2S/c1-11-8-12(16)2-3-14(11)18-13-4-6-17-15(9-13)5-7-19-10-15/h2-3,8,13H,4-7,9-10H2,1H3. The molecule has 2 fully saturated rings. The van der Waals surface area contributed by atoms with Crippen molar-refractivity contribution in [3.05, 3.63) is 29.6 Å². The summed E-state index contributed by atoms with van der Waals surface area (Å²) in [6.07, 6.45) is 3.19. The Balaban J connectivity index is 1.69. The molecule has 0 radical (unpaired) electrons. The van der Waals surface area contributed by atoms with Gasteiger partial charge >= 0.3 is 0 Å². The number of aryl methyl sites for hydroxylation is 1. The van der Waals surface area contributed by atoms with Crippen LogP contribution in [0, 0.1) is 12.7 Å². The van der Waals surface area contributed by atoms with Crippen molar-refractivity contribution >= 4 is 11.8 Å². The maximum Gasteiger partial charge on any atom is 0.123 e. The summed E-state index contributed by atoms with van der Waals surface area (Å²) in [7, 11) is 0. The Hall–Kier alpha value is -0.740. The summed E-state index contributed by atoms with van der Waals surface area (Å²) < 4.78 is 25.1. The Kier molecular flexibility index (Phi) is 3.72. The van der Waals surface area contributed by atoms with Crippen LogP contribution in [0.25, 0.3) is 0 Å². The molecule has 2 unspecified atom stereocenters. The van der Waals surface area contributed by atoms with E-state index in [9.17, 15) is 4.39 Å². The molecule has 104 valence electrons. The van der Waals surface area contributed by atoms with E-state index in [-0.39, 0.29) is 17.5 Å². The number of halogens is 1. The molecule has 0 aliphatic carbocycles. The van der Waals surface area contributed by atoms with Crippen LogP contribution >= 0.6 is 11.8 Å². The number of hydrogen-bond acceptors (Lipinski definition) is 3. The van der Waals surface area contributed by atoms with Crippen LogP contribution in [-0.4, -0.2) is 29.8 Å². The van der Waals surface area contributed by atoms with Crippen molar-refractivity contribution in [1.29, 1.82) is 0 Å². The normalized spacial score (nSPS) is 30.7. The van der Waals surface area contributed by atoms with Crippen molar-refractivity contribution in [2.24, 2.45) is 0 Å². The zero-order valence-corrected chi connectivity index (χ0v) is 12.0. The van der Waals surface area contributed by atoms with Gasteiger partial charge in [-0.15, -0.1) is 0 Å². The predicted molar refractivity (Wildman–Crippen MR) is 75.4 cm³/mol. The van der Waals surface area contributed by atoms with Gasteiger partial charge in [-0.1, -0.05) is 0 Å². The second kappa shape index (κ2) is 5.33. The molecule has 2 aliphatic rings. The molecule has 0 N–H and O–H groups in total. The summed E-state index contributed by atoms with van der Waals surface area (Å²) >= 11 is 1.96. The summed E-state index contributed by atoms with van der Waals surface area (Å²) in [5, 5.41) is 0. The first-order chi connectivity index (χ1) is 9.17. The minimum Gasteiger partial charge on any atom is -0.490 e. The third-order valence-electron chi connectivity index (χ3n) is 3.95. The lowest BCUT2D eigenvalue weighted by Gasteiger charge is -2.37. The number of ether oxygens (including phenoxy) is 2. The quantitative estimate of drug-likeness (QED) is 0.826. The number of benzene rings is 1. The Morgan fingerprint density at radius 3 is 3.11 bits per heavy atom. The van der Waals surface area contributed by atoms with Crippen molar-refractivity contribution in [2.75, 3.05) is 18.1 Å². The largest absolute Gasteiger partial charge is 0.490 e. The maximum absolute atomic E-state index is 13.1. The van der Waals surface area contributed by atoms with Crippen molar-refractivity contribution < 1.29 is 13.9 Å². The van der Waals surface area contributed by atoms with Crippen LogP contribution in [0.1, 0.15) is 24.8 Å². The molecule has 2 aliphatic heterocycles. The van der Waals surface area contributed by atoms with E-state index in [1.54, 1.807) is 6.07 Å². The second-order valence-electron chi connectivity index (χ2n) is 5.48. The van der Waals surface area contributed by atoms with Crippen LogP contribution in [0.5, 0.6) is 5.75 Å². The van der Waals surface area contributed by atoms with Gasteiger partial charge in [-0.2, -0.15) is 11.8 Å². The smallest absolute Gasteiger partial charge is 0.123 e. The molecular weight excluding hydrogens is 263 g/mol. The highest BCUT2D eigenvalue weighted by Crippen LogP contribution is 2.39. The lowest BCUT2D eigenvalue weighted by molar-refractivity contribution is -0.0960. The molecule has 0 aromatic heterocycles. The van der Waals surface area contributed by atoms with Gasteiger partial charge in [0.1, 0.15) is 17.7 Å². The fraction of sp³-hybridized carbons (Fsp3) is 0.600. The fourth-order valence-corrected chi connectivity index (χ4v) is 4.25. The lowest BCUT2D eigenvalue weighted by atomic mass is 9.91. The third kappa shape index (κ3) is 2.90. The van der Waals surface area contributed by atoms with Gasteiger partial charge < -0.3 is 9.47 Å². The van der Waals surface area contributed by atoms with Crippen LogP contribution < -0.4 is 4.74 Å². The molecule has 0 bridgehead atoms. The van der Waals surface area contributed by atoms with Crippen LogP contribution in [-0.2, 0) is 4.74 Å². The highest BCUT2D eigenvalue weighted by atomic mass is 32.2. The van der Waals surface area contributed by atoms with Crippen molar-refractivity contribution in [1.82, 2.24) is 0 Å². The summed E-state index contributed by atoms with van der Waals surface area (Å²) in [6.45, 7) is 2.66. The summed E-state index contributed by atoms with van der Waals surface area (Å²) in [5.41, 5.74) is 0.892. The first kappa shape index (κ1) is 13.3. The van der Waals surface area contributed by atoms with E-state index in [2.05, 4.69) is 0 Å². The molecule has 1 aromatic rings. The monoisotopic (exact) mass is 282 g/mol. The van der Waals surface area contributed by atoms with E-state index in [0.29, 0.717) is 0 Å². The lowest BCUT2D eigenvalue weighted by Crippen LogP contribution is -2.43. The molecule has 2 nitrogen and oxygen atoms in total. The molecule has 19 heavy (non-hydrogen) atoms. The molecular formula is C15H19FO2S. The zero-order valence-electron chi connectivity index (χ0n) is 11.2. The SMILES string of the molecule is Cc1cc(F)ccc1OC1CCOC2(CCSC2)C1. The average molecular weight is 282 g/mol. The number of rotatable bonds is 2. The Morgan fingerprint density at radius 1 is 1.47 bits per heavy atom. The molecule has 1 aromatic carbocycles. The van der Waals surface area contributed by atoms with Gasteiger partial charge in [0.25, 0.3) is 0 Å². The van der Waals surface area contributed by atoms with E-state index >= 15 is 0 Å². The van der Waals surface area contributed by atoms with Gasteiger partial charge in [-0.3, -0.25) is 0 Å². The van der Waals surface area contributed by atoms with Crippen LogP contribution in [0.3, 0.4) is 0 Å². The van der Waals surface area contributed by atoms with Gasteiger partial charge in [0.2, 0.25) is 0 Å². The first-order valence-electron chi connectivity index (χ1n) is 6.81. The number of thioether (sulfide) groups is 1. The highest BCUT2D eigenvalue weighted by Gasteiger charge is 2.41. The average Bonchev–Trinajstić information content (AvgIpc) is 2.81. The molecule has 3 rings (SSSR count). The van der Waals surface area contributed by atoms with Crippen LogP contribution in [0.4, 0.5) is 4.39 Å². The van der Waals surface area contributed by atoms with Crippen LogP contribution in [0.15, 0.2) is 18.2 Å². The van der Waals surface area contributed by atoms with E-state index in [1.807, 2.05) is 18.7 Å². The Labute approximate surface area is 117 Å². The molecule has 0 saturated carbocycles. The van der Waals surface area contributed by atoms with E-state index in [1.165, 1.54) is 17.9 Å². The summed E-state index contributed by atoms with van der Waals surface area (Å²) in [5.74, 6) is 2.85. The maximum atomic E-state index is 13.1. The highest BCUT2D eigenvalue weighted by molar-refractivity contribution is 7.99. The van der Waals surface area contributed by atoms with Crippen LogP contribution in [0.2, 0.25) is 0 Å². The molecule has 0 amide bonds. The second-order valence-corrected chi connectivity index (χ2v) is 6.58. The fourth-order valence-electron chi connectivity index (χ4n) is 2.87. The topological polar surface area (TPSA) is 18.5 Å². The van der Waals surface area contributed by atoms with Gasteiger partial charge in [-0.05, 0) is 42.9 Å². The van der Waals surface area contributed by atoms with E-state index in [4.69, 9.17) is 9.47 Å². The van der Waals surface area contributed by atoms with E-state index < -0.39 is 0 Å². The van der Waals surface area contributed by atoms with Crippen molar-refractivity contribution in [3.63, 3.8) is 0 Å². The van der Waals surface area contributed by atoms with Gasteiger partial charge in [-0.25, -0.2) is 4.39 Å². The van der Waals surface area contributed by atoms with Crippen molar-refractivity contribution in [2.45, 2.75) is 37.9 Å². The van der Waals surface area contributed by atoms with Crippen molar-refractivity contribution in [3.8, 4) is 5.75 Å². The molecule has 2 atom stereocenters. The zero-order chi connectivity index (χ0) is 13.3. The predicted octanol–water partition coefficient (Wildman–Crippen LogP) is 3.57. The summed E-state index contributed by atoms with van der Waals surface area (Å²) in [4.78, 5) is 0. The Bertz CT molecular complexity index is 457. The van der Waals surface area contributed by atoms with Gasteiger partial charge in [0, 0.05) is 18.6 Å². The van der Waals surface area contributed by atoms with Gasteiger partial charge in [0.05, 0.1) is 12.2 Å². The molecule has 1 spiro atoms. The minimum absolute atomic E-state index is 0.0293. The number of hydrogen-bond donors (Lipinski definition) is 0. The van der Waals surface area contributed by atoms with Gasteiger partial charge in [0.15, 0.2) is 0 Å². The first-order valence-corrected chi connectivity index (χ1v) is 7.97. The molecule has 4 heteroatoms. The molecule has 2 heterocycles. The van der Waals surface area contributed by atoms with E-state index in [0.717, 1.165) is 42.9 Å². The minimum atomic E-state index is -0.208.